The van der Waals surface area contributed by atoms with Crippen molar-refractivity contribution < 1.29 is 44.3 Å². The number of hydrogen-bond acceptors (Lipinski definition) is 7. The van der Waals surface area contributed by atoms with E-state index in [1.807, 2.05) is 4.90 Å². The minimum atomic E-state index is -4.95. The van der Waals surface area contributed by atoms with Gasteiger partial charge in [0.1, 0.15) is 10.6 Å². The number of fused-ring (bicyclic) bond motifs is 1. The van der Waals surface area contributed by atoms with Crippen LogP contribution >= 0.6 is 0 Å². The standard InChI is InChI=1S/C41H46F6N4O4S/c1-4-55-34-24-33-31(23-35(34)56(53,54)26(2)3)36(39(52)49-38(41(45,46)47)27-12-7-5-8-13-27)32(37(48-33)28-14-11-15-29(22-28)40(42,43)44)25-50-20-16-30(17-21-50)51-18-9-6-10-19-51/h5,7-8,11-15,22-24,26,30,38H,4,6,9-10,16-21,25H2,1-3H3,(H,49,52)/t38-/m1/s1. The summed E-state index contributed by atoms with van der Waals surface area (Å²) >= 11 is 0. The van der Waals surface area contributed by atoms with E-state index < -0.39 is 45.0 Å². The van der Waals surface area contributed by atoms with Gasteiger partial charge in [-0.2, -0.15) is 26.3 Å². The maximum atomic E-state index is 14.8. The summed E-state index contributed by atoms with van der Waals surface area (Å²) < 4.78 is 120. The molecule has 0 bridgehead atoms. The summed E-state index contributed by atoms with van der Waals surface area (Å²) in [7, 11) is -4.10. The summed E-state index contributed by atoms with van der Waals surface area (Å²) in [6.07, 6.45) is -4.72. The second-order valence-corrected chi connectivity index (χ2v) is 17.2. The first-order valence-corrected chi connectivity index (χ1v) is 20.5. The van der Waals surface area contributed by atoms with Crippen LogP contribution in [0.15, 0.2) is 71.6 Å². The number of carbonyl (C=O) groups excluding carboxylic acids is 1. The number of amides is 1. The first-order valence-electron chi connectivity index (χ1n) is 18.9. The van der Waals surface area contributed by atoms with Gasteiger partial charge < -0.3 is 15.0 Å². The molecule has 3 heterocycles. The van der Waals surface area contributed by atoms with Gasteiger partial charge in [0.05, 0.1) is 34.2 Å². The molecule has 4 aromatic rings. The number of rotatable bonds is 11. The van der Waals surface area contributed by atoms with Gasteiger partial charge in [-0.05, 0) is 96.4 Å². The normalized spacial score (nSPS) is 17.3. The molecule has 2 aliphatic rings. The van der Waals surface area contributed by atoms with Crippen molar-refractivity contribution >= 4 is 26.6 Å². The van der Waals surface area contributed by atoms with Crippen LogP contribution in [0.2, 0.25) is 0 Å². The summed E-state index contributed by atoms with van der Waals surface area (Å²) in [6, 6.07) is 11.6. The summed E-state index contributed by atoms with van der Waals surface area (Å²) in [6.45, 7) is 7.64. The number of aromatic nitrogens is 1. The average Bonchev–Trinajstić information content (AvgIpc) is 3.16. The molecule has 0 unspecified atom stereocenters. The molecular weight excluding hydrogens is 759 g/mol. The Labute approximate surface area is 323 Å². The Kier molecular flexibility index (Phi) is 12.4. The van der Waals surface area contributed by atoms with Crippen molar-refractivity contribution in [1.82, 2.24) is 20.1 Å². The van der Waals surface area contributed by atoms with Gasteiger partial charge in [0.15, 0.2) is 15.9 Å². The molecule has 2 saturated heterocycles. The van der Waals surface area contributed by atoms with E-state index in [0.29, 0.717) is 19.1 Å². The number of likely N-dealkylation sites (tertiary alicyclic amines) is 2. The number of sulfone groups is 1. The van der Waals surface area contributed by atoms with Crippen LogP contribution in [-0.2, 0) is 22.6 Å². The van der Waals surface area contributed by atoms with E-state index in [1.54, 1.807) is 6.92 Å². The fourth-order valence-electron chi connectivity index (χ4n) is 7.70. The molecule has 0 spiro atoms. The molecule has 56 heavy (non-hydrogen) atoms. The zero-order chi connectivity index (χ0) is 40.4. The van der Waals surface area contributed by atoms with Gasteiger partial charge in [-0.3, -0.25) is 9.69 Å². The largest absolute Gasteiger partial charge is 0.492 e. The SMILES string of the molecule is CCOc1cc2nc(-c3cccc(C(F)(F)F)c3)c(CN3CCC(N4CCCCC4)CC3)c(C(=O)N[C@H](c3ccccc3)C(F)(F)F)c2cc1S(=O)(=O)C(C)C. The monoisotopic (exact) mass is 804 g/mol. The smallest absolute Gasteiger partial charge is 0.416 e. The Hall–Kier alpha value is -4.21. The molecule has 302 valence electrons. The Morgan fingerprint density at radius 3 is 2.20 bits per heavy atom. The van der Waals surface area contributed by atoms with E-state index >= 15 is 0 Å². The maximum absolute atomic E-state index is 14.8. The van der Waals surface area contributed by atoms with Crippen molar-refractivity contribution in [2.24, 2.45) is 0 Å². The lowest BCUT2D eigenvalue weighted by atomic mass is 9.93. The summed E-state index contributed by atoms with van der Waals surface area (Å²) in [5.41, 5.74) is -1.55. The molecule has 1 N–H and O–H groups in total. The third-order valence-electron chi connectivity index (χ3n) is 10.7. The van der Waals surface area contributed by atoms with E-state index in [1.165, 1.54) is 74.9 Å². The van der Waals surface area contributed by atoms with Crippen molar-refractivity contribution in [3.05, 3.63) is 89.0 Å². The van der Waals surface area contributed by atoms with Crippen LogP contribution in [0.4, 0.5) is 26.3 Å². The van der Waals surface area contributed by atoms with Gasteiger partial charge in [0.2, 0.25) is 0 Å². The molecule has 0 saturated carbocycles. The molecule has 15 heteroatoms. The van der Waals surface area contributed by atoms with Crippen molar-refractivity contribution in [3.63, 3.8) is 0 Å². The number of ether oxygens (including phenoxy) is 1. The third kappa shape index (κ3) is 8.99. The van der Waals surface area contributed by atoms with Crippen LogP contribution in [0.1, 0.15) is 86.0 Å². The number of hydrogen-bond donors (Lipinski definition) is 1. The van der Waals surface area contributed by atoms with Gasteiger partial charge in [0, 0.05) is 35.2 Å². The Bertz CT molecular complexity index is 2130. The molecule has 0 radical (unpaired) electrons. The average molecular weight is 805 g/mol. The van der Waals surface area contributed by atoms with E-state index in [9.17, 15) is 39.6 Å². The van der Waals surface area contributed by atoms with Gasteiger partial charge >= 0.3 is 12.4 Å². The van der Waals surface area contributed by atoms with E-state index in [4.69, 9.17) is 9.72 Å². The zero-order valence-corrected chi connectivity index (χ0v) is 32.3. The fourth-order valence-corrected chi connectivity index (χ4v) is 8.89. The van der Waals surface area contributed by atoms with Crippen molar-refractivity contribution in [2.75, 3.05) is 32.8 Å². The lowest BCUT2D eigenvalue weighted by molar-refractivity contribution is -0.155. The lowest BCUT2D eigenvalue weighted by Gasteiger charge is -2.40. The summed E-state index contributed by atoms with van der Waals surface area (Å²) in [5, 5.41) is 1.15. The Morgan fingerprint density at radius 1 is 0.911 bits per heavy atom. The molecule has 6 rings (SSSR count). The number of benzene rings is 3. The zero-order valence-electron chi connectivity index (χ0n) is 31.5. The molecule has 1 amide bonds. The van der Waals surface area contributed by atoms with Crippen LogP contribution in [0, 0.1) is 0 Å². The maximum Gasteiger partial charge on any atom is 0.416 e. The van der Waals surface area contributed by atoms with Crippen LogP contribution in [-0.4, -0.2) is 79.4 Å². The van der Waals surface area contributed by atoms with Crippen molar-refractivity contribution in [2.45, 2.75) is 94.0 Å². The predicted molar refractivity (Wildman–Crippen MR) is 202 cm³/mol. The van der Waals surface area contributed by atoms with E-state index in [0.717, 1.165) is 50.9 Å². The highest BCUT2D eigenvalue weighted by Gasteiger charge is 2.43. The summed E-state index contributed by atoms with van der Waals surface area (Å²) in [4.78, 5) is 23.7. The summed E-state index contributed by atoms with van der Waals surface area (Å²) in [5.74, 6) is -1.29. The third-order valence-corrected chi connectivity index (χ3v) is 12.8. The minimum Gasteiger partial charge on any atom is -0.492 e. The highest BCUT2D eigenvalue weighted by molar-refractivity contribution is 7.92. The van der Waals surface area contributed by atoms with Crippen molar-refractivity contribution in [3.8, 4) is 17.0 Å². The Balaban J connectivity index is 1.59. The van der Waals surface area contributed by atoms with Crippen LogP contribution in [0.5, 0.6) is 5.75 Å². The quantitative estimate of drug-likeness (QED) is 0.152. The highest BCUT2D eigenvalue weighted by Crippen LogP contribution is 2.41. The van der Waals surface area contributed by atoms with Gasteiger partial charge in [-0.25, -0.2) is 13.4 Å². The van der Waals surface area contributed by atoms with E-state index in [-0.39, 0.29) is 62.6 Å². The number of carbonyl (C=O) groups is 1. The molecular formula is C41H46F6N4O4S. The first-order chi connectivity index (χ1) is 26.5. The fraction of sp³-hybridized carbons (Fsp3) is 0.463. The highest BCUT2D eigenvalue weighted by atomic mass is 32.2. The molecule has 0 aliphatic carbocycles. The van der Waals surface area contributed by atoms with Crippen molar-refractivity contribution in [1.29, 1.82) is 0 Å². The molecule has 8 nitrogen and oxygen atoms in total. The number of nitrogens with zero attached hydrogens (tertiary/aromatic N) is 3. The Morgan fingerprint density at radius 2 is 1.59 bits per heavy atom. The van der Waals surface area contributed by atoms with Gasteiger partial charge in [-0.1, -0.05) is 48.9 Å². The lowest BCUT2D eigenvalue weighted by Crippen LogP contribution is -2.46. The van der Waals surface area contributed by atoms with E-state index in [2.05, 4.69) is 10.2 Å². The van der Waals surface area contributed by atoms with Crippen LogP contribution in [0.3, 0.4) is 0 Å². The first kappa shape index (κ1) is 41.4. The van der Waals surface area contributed by atoms with Crippen LogP contribution in [0.25, 0.3) is 22.2 Å². The number of pyridine rings is 1. The number of alkyl halides is 6. The molecule has 1 aromatic heterocycles. The predicted octanol–water partition coefficient (Wildman–Crippen LogP) is 8.99. The number of nitrogens with one attached hydrogen (secondary N) is 1. The minimum absolute atomic E-state index is 0.0127. The van der Waals surface area contributed by atoms with Crippen LogP contribution < -0.4 is 10.1 Å². The number of halogens is 6. The molecule has 1 atom stereocenters. The number of piperidine rings is 2. The van der Waals surface area contributed by atoms with Gasteiger partial charge in [-0.15, -0.1) is 0 Å². The molecule has 2 fully saturated rings. The molecule has 3 aromatic carbocycles. The molecule has 2 aliphatic heterocycles. The topological polar surface area (TPSA) is 91.8 Å². The second-order valence-electron chi connectivity index (χ2n) is 14.7. The van der Waals surface area contributed by atoms with Gasteiger partial charge in [0.25, 0.3) is 5.91 Å². The second kappa shape index (κ2) is 16.7.